The van der Waals surface area contributed by atoms with E-state index < -0.39 is 0 Å². The molecule has 0 aliphatic carbocycles. The molecule has 0 bridgehead atoms. The van der Waals surface area contributed by atoms with Crippen LogP contribution >= 0.6 is 24.0 Å². The Morgan fingerprint density at radius 2 is 1.80 bits per heavy atom. The first-order valence-electron chi connectivity index (χ1n) is 11.1. The third-order valence-corrected chi connectivity index (χ3v) is 6.28. The van der Waals surface area contributed by atoms with Gasteiger partial charge in [-0.3, -0.25) is 14.7 Å². The van der Waals surface area contributed by atoms with Gasteiger partial charge < -0.3 is 16.0 Å². The zero-order valence-corrected chi connectivity index (χ0v) is 20.8. The number of primary amides is 1. The van der Waals surface area contributed by atoms with Crippen LogP contribution in [-0.4, -0.2) is 54.9 Å². The summed E-state index contributed by atoms with van der Waals surface area (Å²) >= 11 is 0. The Balaban J connectivity index is 0.00000320. The molecule has 3 N–H and O–H groups in total. The number of nitrogens with zero attached hydrogens (tertiary/aromatic N) is 3. The third-order valence-electron chi connectivity index (χ3n) is 6.28. The molecule has 168 valence electrons. The summed E-state index contributed by atoms with van der Waals surface area (Å²) in [6.07, 6.45) is 5.23. The van der Waals surface area contributed by atoms with Crippen molar-refractivity contribution in [2.45, 2.75) is 52.1 Å². The lowest BCUT2D eigenvalue weighted by Crippen LogP contribution is -2.46. The molecule has 0 radical (unpaired) electrons. The van der Waals surface area contributed by atoms with Crippen LogP contribution in [0.4, 0.5) is 0 Å². The number of aliphatic imine (C=N–C) groups is 1. The van der Waals surface area contributed by atoms with Crippen LogP contribution in [-0.2, 0) is 17.9 Å². The van der Waals surface area contributed by atoms with Crippen LogP contribution in [0.3, 0.4) is 0 Å². The van der Waals surface area contributed by atoms with Crippen LogP contribution in [0.2, 0.25) is 0 Å². The number of hydrogen-bond acceptors (Lipinski definition) is 3. The monoisotopic (exact) mass is 527 g/mol. The summed E-state index contributed by atoms with van der Waals surface area (Å²) in [4.78, 5) is 20.5. The van der Waals surface area contributed by atoms with Gasteiger partial charge in [-0.05, 0) is 61.7 Å². The van der Waals surface area contributed by atoms with Gasteiger partial charge in [0.1, 0.15) is 0 Å². The Bertz CT molecular complexity index is 685. The maximum Gasteiger partial charge on any atom is 0.217 e. The second-order valence-electron chi connectivity index (χ2n) is 8.80. The van der Waals surface area contributed by atoms with E-state index in [4.69, 9.17) is 5.73 Å². The second-order valence-corrected chi connectivity index (χ2v) is 8.80. The molecule has 30 heavy (non-hydrogen) atoms. The molecular weight excluding hydrogens is 489 g/mol. The molecule has 1 amide bonds. The number of carbonyl (C=O) groups is 1. The van der Waals surface area contributed by atoms with Crippen LogP contribution in [0.25, 0.3) is 0 Å². The van der Waals surface area contributed by atoms with Gasteiger partial charge in [0.15, 0.2) is 5.96 Å². The molecule has 2 saturated heterocycles. The highest BCUT2D eigenvalue weighted by Gasteiger charge is 2.23. The first-order chi connectivity index (χ1) is 14.0. The van der Waals surface area contributed by atoms with Crippen LogP contribution in [0.15, 0.2) is 29.3 Å². The van der Waals surface area contributed by atoms with Gasteiger partial charge in [-0.1, -0.05) is 31.2 Å². The number of rotatable bonds is 6. The maximum atomic E-state index is 11.2. The molecule has 2 aliphatic heterocycles. The highest BCUT2D eigenvalue weighted by molar-refractivity contribution is 14.0. The normalized spacial score (nSPS) is 21.2. The van der Waals surface area contributed by atoms with Crippen LogP contribution in [0.1, 0.15) is 50.2 Å². The van der Waals surface area contributed by atoms with Crippen molar-refractivity contribution in [3.63, 3.8) is 0 Å². The van der Waals surface area contributed by atoms with Crippen molar-refractivity contribution in [3.05, 3.63) is 35.4 Å². The zero-order valence-electron chi connectivity index (χ0n) is 18.5. The summed E-state index contributed by atoms with van der Waals surface area (Å²) < 4.78 is 0. The topological polar surface area (TPSA) is 74.0 Å². The molecule has 2 fully saturated rings. The number of amides is 1. The van der Waals surface area contributed by atoms with E-state index in [1.165, 1.54) is 37.1 Å². The van der Waals surface area contributed by atoms with E-state index in [1.54, 1.807) is 0 Å². The first-order valence-corrected chi connectivity index (χ1v) is 11.1. The first kappa shape index (κ1) is 24.9. The van der Waals surface area contributed by atoms with Crippen LogP contribution in [0.5, 0.6) is 0 Å². The van der Waals surface area contributed by atoms with E-state index in [0.29, 0.717) is 12.3 Å². The van der Waals surface area contributed by atoms with Crippen molar-refractivity contribution in [1.82, 2.24) is 15.1 Å². The van der Waals surface area contributed by atoms with Crippen molar-refractivity contribution in [2.24, 2.45) is 22.6 Å². The highest BCUT2D eigenvalue weighted by atomic mass is 127. The Morgan fingerprint density at radius 1 is 1.13 bits per heavy atom. The van der Waals surface area contributed by atoms with E-state index in [1.807, 2.05) is 7.05 Å². The van der Waals surface area contributed by atoms with Gasteiger partial charge in [-0.15, -0.1) is 24.0 Å². The van der Waals surface area contributed by atoms with Crippen molar-refractivity contribution in [1.29, 1.82) is 0 Å². The lowest BCUT2D eigenvalue weighted by Gasteiger charge is -2.34. The number of piperidine rings is 2. The lowest BCUT2D eigenvalue weighted by atomic mass is 9.95. The molecule has 2 heterocycles. The van der Waals surface area contributed by atoms with Gasteiger partial charge >= 0.3 is 0 Å². The average Bonchev–Trinajstić information content (AvgIpc) is 2.71. The van der Waals surface area contributed by atoms with Crippen molar-refractivity contribution >= 4 is 35.8 Å². The molecule has 2 aliphatic rings. The fraction of sp³-hybridized carbons (Fsp3) is 0.652. The summed E-state index contributed by atoms with van der Waals surface area (Å²) in [5, 5.41) is 3.48. The maximum absolute atomic E-state index is 11.2. The molecule has 6 nitrogen and oxygen atoms in total. The number of carbonyl (C=O) groups excluding carboxylic acids is 1. The second kappa shape index (κ2) is 12.5. The van der Waals surface area contributed by atoms with Gasteiger partial charge in [0.2, 0.25) is 5.91 Å². The Labute approximate surface area is 198 Å². The molecule has 3 rings (SSSR count). The summed E-state index contributed by atoms with van der Waals surface area (Å²) in [7, 11) is 1.82. The summed E-state index contributed by atoms with van der Waals surface area (Å²) in [5.41, 5.74) is 8.03. The number of guanidine groups is 1. The molecule has 7 heteroatoms. The summed E-state index contributed by atoms with van der Waals surface area (Å²) in [6.45, 7) is 8.41. The number of nitrogens with two attached hydrogens (primary N) is 1. The number of benzene rings is 1. The number of likely N-dealkylation sites (tertiary alicyclic amines) is 2. The standard InChI is InChI=1S/C23H37N5O.HI/c1-18-9-12-27(13-10-18)16-20-7-5-19(6-8-20)15-26-23(25-2)28-11-3-4-21(17-28)14-22(24)29;/h5-8,18,21H,3-4,9-17H2,1-2H3,(H2,24,29)(H,25,26);1H. The number of halogens is 1. The van der Waals surface area contributed by atoms with Crippen molar-refractivity contribution in [2.75, 3.05) is 33.2 Å². The van der Waals surface area contributed by atoms with Crippen LogP contribution < -0.4 is 11.1 Å². The van der Waals surface area contributed by atoms with Gasteiger partial charge in [0, 0.05) is 39.6 Å². The predicted octanol–water partition coefficient (Wildman–Crippen LogP) is 3.20. The zero-order chi connectivity index (χ0) is 20.6. The molecule has 1 aromatic carbocycles. The van der Waals surface area contributed by atoms with Crippen molar-refractivity contribution < 1.29 is 4.79 Å². The minimum Gasteiger partial charge on any atom is -0.370 e. The smallest absolute Gasteiger partial charge is 0.217 e. The summed E-state index contributed by atoms with van der Waals surface area (Å²) in [6, 6.07) is 8.94. The van der Waals surface area contributed by atoms with Crippen LogP contribution in [0, 0.1) is 11.8 Å². The minimum absolute atomic E-state index is 0. The third kappa shape index (κ3) is 7.72. The number of hydrogen-bond donors (Lipinski definition) is 2. The fourth-order valence-electron chi connectivity index (χ4n) is 4.46. The molecule has 0 saturated carbocycles. The molecule has 1 aromatic rings. The molecule has 0 spiro atoms. The predicted molar refractivity (Wildman–Crippen MR) is 134 cm³/mol. The van der Waals surface area contributed by atoms with E-state index in [0.717, 1.165) is 50.9 Å². The quantitative estimate of drug-likeness (QED) is 0.339. The fourth-order valence-corrected chi connectivity index (χ4v) is 4.46. The molecule has 1 unspecified atom stereocenters. The molecular formula is C23H38IN5O. The lowest BCUT2D eigenvalue weighted by molar-refractivity contribution is -0.119. The largest absolute Gasteiger partial charge is 0.370 e. The summed E-state index contributed by atoms with van der Waals surface area (Å²) in [5.74, 6) is 1.90. The van der Waals surface area contributed by atoms with Gasteiger partial charge in [0.25, 0.3) is 0 Å². The molecule has 0 aromatic heterocycles. The highest BCUT2D eigenvalue weighted by Crippen LogP contribution is 2.20. The van der Waals surface area contributed by atoms with Gasteiger partial charge in [0.05, 0.1) is 0 Å². The molecule has 1 atom stereocenters. The van der Waals surface area contributed by atoms with Gasteiger partial charge in [-0.25, -0.2) is 0 Å². The van der Waals surface area contributed by atoms with E-state index >= 15 is 0 Å². The van der Waals surface area contributed by atoms with Gasteiger partial charge in [-0.2, -0.15) is 0 Å². The number of nitrogens with one attached hydrogen (secondary N) is 1. The minimum atomic E-state index is -0.209. The SMILES string of the molecule is CN=C(NCc1ccc(CN2CCC(C)CC2)cc1)N1CCCC(CC(N)=O)C1.I. The Hall–Kier alpha value is -1.35. The van der Waals surface area contributed by atoms with E-state index in [9.17, 15) is 4.79 Å². The average molecular weight is 527 g/mol. The Kier molecular flexibility index (Phi) is 10.4. The Morgan fingerprint density at radius 3 is 2.43 bits per heavy atom. The van der Waals surface area contributed by atoms with Crippen molar-refractivity contribution in [3.8, 4) is 0 Å². The van der Waals surface area contributed by atoms with E-state index in [2.05, 4.69) is 51.3 Å². The van der Waals surface area contributed by atoms with E-state index in [-0.39, 0.29) is 29.9 Å².